The van der Waals surface area contributed by atoms with Gasteiger partial charge in [0.25, 0.3) is 0 Å². The molecule has 0 unspecified atom stereocenters. The summed E-state index contributed by atoms with van der Waals surface area (Å²) in [6, 6.07) is 14.2. The van der Waals surface area contributed by atoms with Crippen LogP contribution in [0.15, 0.2) is 54.7 Å². The first kappa shape index (κ1) is 16.8. The Balaban J connectivity index is 1.72. The van der Waals surface area contributed by atoms with Crippen LogP contribution >= 0.6 is 0 Å². The van der Waals surface area contributed by atoms with Crippen LogP contribution in [-0.4, -0.2) is 15.2 Å². The summed E-state index contributed by atoms with van der Waals surface area (Å²) in [5, 5.41) is 14.1. The van der Waals surface area contributed by atoms with Crippen LogP contribution in [0, 0.1) is 5.82 Å². The number of rotatable bonds is 4. The van der Waals surface area contributed by atoms with Gasteiger partial charge in [-0.05, 0) is 47.4 Å². The number of aromatic nitrogens is 3. The fourth-order valence-corrected chi connectivity index (χ4v) is 2.28. The smallest absolute Gasteiger partial charge is 0.249 e. The van der Waals surface area contributed by atoms with Crippen LogP contribution in [0.4, 0.5) is 27.5 Å². The highest BCUT2D eigenvalue weighted by Gasteiger charge is 2.13. The molecule has 128 valence electrons. The van der Waals surface area contributed by atoms with E-state index in [9.17, 15) is 4.39 Å². The first-order valence-electron chi connectivity index (χ1n) is 8.00. The lowest BCUT2D eigenvalue weighted by Crippen LogP contribution is -2.10. The van der Waals surface area contributed by atoms with Crippen LogP contribution in [0.1, 0.15) is 26.3 Å². The maximum Gasteiger partial charge on any atom is 0.249 e. The standard InChI is InChI=1S/C19H20FN5/c1-19(2,3)13-4-8-16(9-5-13)23-18-24-17(12-21-25-18)22-15-10-6-14(20)7-11-15/h4-12H,1-3H3,(H2,22,23,24,25). The predicted molar refractivity (Wildman–Crippen MR) is 97.9 cm³/mol. The van der Waals surface area contributed by atoms with E-state index in [4.69, 9.17) is 0 Å². The fourth-order valence-electron chi connectivity index (χ4n) is 2.28. The Bertz CT molecular complexity index is 839. The molecule has 0 amide bonds. The molecule has 1 heterocycles. The zero-order valence-corrected chi connectivity index (χ0v) is 14.4. The number of benzene rings is 2. The molecule has 0 aliphatic heterocycles. The summed E-state index contributed by atoms with van der Waals surface area (Å²) in [6.07, 6.45) is 1.51. The van der Waals surface area contributed by atoms with E-state index in [1.54, 1.807) is 12.1 Å². The summed E-state index contributed by atoms with van der Waals surface area (Å²) in [5.41, 5.74) is 2.97. The molecule has 1 aromatic heterocycles. The molecule has 0 atom stereocenters. The molecule has 0 aliphatic carbocycles. The van der Waals surface area contributed by atoms with Crippen molar-refractivity contribution in [1.82, 2.24) is 15.2 Å². The second-order valence-electron chi connectivity index (χ2n) is 6.75. The molecule has 3 rings (SSSR count). The normalized spacial score (nSPS) is 11.2. The zero-order chi connectivity index (χ0) is 17.9. The number of anilines is 4. The van der Waals surface area contributed by atoms with Gasteiger partial charge in [-0.1, -0.05) is 32.9 Å². The second-order valence-corrected chi connectivity index (χ2v) is 6.75. The molecule has 0 saturated carbocycles. The highest BCUT2D eigenvalue weighted by Crippen LogP contribution is 2.24. The van der Waals surface area contributed by atoms with Gasteiger partial charge in [0.15, 0.2) is 5.82 Å². The predicted octanol–water partition coefficient (Wildman–Crippen LogP) is 4.80. The quantitative estimate of drug-likeness (QED) is 0.716. The molecule has 5 nitrogen and oxygen atoms in total. The number of hydrogen-bond donors (Lipinski definition) is 2. The molecule has 3 aromatic rings. The Kier molecular flexibility index (Phi) is 4.61. The summed E-state index contributed by atoms with van der Waals surface area (Å²) in [5.74, 6) is 0.624. The molecular formula is C19H20FN5. The van der Waals surface area contributed by atoms with Gasteiger partial charge in [-0.2, -0.15) is 10.1 Å². The van der Waals surface area contributed by atoms with Crippen molar-refractivity contribution in [3.63, 3.8) is 0 Å². The van der Waals surface area contributed by atoms with Crippen LogP contribution in [0.3, 0.4) is 0 Å². The highest BCUT2D eigenvalue weighted by molar-refractivity contribution is 5.58. The Morgan fingerprint density at radius 3 is 2.08 bits per heavy atom. The number of nitrogens with one attached hydrogen (secondary N) is 2. The lowest BCUT2D eigenvalue weighted by atomic mass is 9.87. The van der Waals surface area contributed by atoms with Gasteiger partial charge in [-0.15, -0.1) is 5.10 Å². The maximum atomic E-state index is 13.0. The van der Waals surface area contributed by atoms with Gasteiger partial charge in [-0.25, -0.2) is 4.39 Å². The van der Waals surface area contributed by atoms with E-state index in [0.29, 0.717) is 11.8 Å². The lowest BCUT2D eigenvalue weighted by molar-refractivity contribution is 0.590. The Hall–Kier alpha value is -3.02. The van der Waals surface area contributed by atoms with Crippen molar-refractivity contribution in [1.29, 1.82) is 0 Å². The van der Waals surface area contributed by atoms with Gasteiger partial charge in [-0.3, -0.25) is 0 Å². The first-order chi connectivity index (χ1) is 11.9. The van der Waals surface area contributed by atoms with Gasteiger partial charge < -0.3 is 10.6 Å². The van der Waals surface area contributed by atoms with Crippen molar-refractivity contribution in [2.45, 2.75) is 26.2 Å². The molecule has 0 bridgehead atoms. The average Bonchev–Trinajstić information content (AvgIpc) is 2.57. The lowest BCUT2D eigenvalue weighted by Gasteiger charge is -2.19. The van der Waals surface area contributed by atoms with Crippen LogP contribution in [0.2, 0.25) is 0 Å². The van der Waals surface area contributed by atoms with Gasteiger partial charge >= 0.3 is 0 Å². The highest BCUT2D eigenvalue weighted by atomic mass is 19.1. The Morgan fingerprint density at radius 1 is 0.840 bits per heavy atom. The van der Waals surface area contributed by atoms with Crippen molar-refractivity contribution in [2.24, 2.45) is 0 Å². The van der Waals surface area contributed by atoms with Crippen molar-refractivity contribution in [2.75, 3.05) is 10.6 Å². The SMILES string of the molecule is CC(C)(C)c1ccc(Nc2nncc(Nc3ccc(F)cc3)n2)cc1. The van der Waals surface area contributed by atoms with Gasteiger partial charge in [0.2, 0.25) is 5.95 Å². The van der Waals surface area contributed by atoms with E-state index >= 15 is 0 Å². The second kappa shape index (κ2) is 6.84. The van der Waals surface area contributed by atoms with Crippen LogP contribution in [-0.2, 0) is 5.41 Å². The molecule has 2 N–H and O–H groups in total. The van der Waals surface area contributed by atoms with Crippen molar-refractivity contribution in [3.8, 4) is 0 Å². The topological polar surface area (TPSA) is 62.7 Å². The van der Waals surface area contributed by atoms with Gasteiger partial charge in [0, 0.05) is 11.4 Å². The molecule has 0 aliphatic rings. The van der Waals surface area contributed by atoms with Crippen molar-refractivity contribution < 1.29 is 4.39 Å². The Morgan fingerprint density at radius 2 is 1.44 bits per heavy atom. The Labute approximate surface area is 146 Å². The summed E-state index contributed by atoms with van der Waals surface area (Å²) in [4.78, 5) is 4.37. The molecule has 0 spiro atoms. The minimum atomic E-state index is -0.285. The first-order valence-corrected chi connectivity index (χ1v) is 8.00. The number of nitrogens with zero attached hydrogens (tertiary/aromatic N) is 3. The number of hydrogen-bond acceptors (Lipinski definition) is 5. The minimum absolute atomic E-state index is 0.107. The number of halogens is 1. The molecule has 0 fully saturated rings. The van der Waals surface area contributed by atoms with E-state index in [2.05, 4.69) is 58.7 Å². The molecular weight excluding hydrogens is 317 g/mol. The van der Waals surface area contributed by atoms with Crippen molar-refractivity contribution >= 4 is 23.1 Å². The monoisotopic (exact) mass is 337 g/mol. The minimum Gasteiger partial charge on any atom is -0.339 e. The molecule has 25 heavy (non-hydrogen) atoms. The van der Waals surface area contributed by atoms with E-state index < -0.39 is 0 Å². The van der Waals surface area contributed by atoms with E-state index in [0.717, 1.165) is 11.4 Å². The molecule has 2 aromatic carbocycles. The van der Waals surface area contributed by atoms with Crippen LogP contribution in [0.25, 0.3) is 0 Å². The zero-order valence-electron chi connectivity index (χ0n) is 14.4. The van der Waals surface area contributed by atoms with E-state index in [1.165, 1.54) is 23.9 Å². The van der Waals surface area contributed by atoms with Crippen LogP contribution in [0.5, 0.6) is 0 Å². The average molecular weight is 337 g/mol. The third-order valence-corrected chi connectivity index (χ3v) is 3.68. The third-order valence-electron chi connectivity index (χ3n) is 3.68. The summed E-state index contributed by atoms with van der Waals surface area (Å²) in [6.45, 7) is 6.52. The fraction of sp³-hybridized carbons (Fsp3) is 0.211. The van der Waals surface area contributed by atoms with E-state index in [-0.39, 0.29) is 11.2 Å². The van der Waals surface area contributed by atoms with E-state index in [1.807, 2.05) is 12.1 Å². The summed E-state index contributed by atoms with van der Waals surface area (Å²) >= 11 is 0. The summed E-state index contributed by atoms with van der Waals surface area (Å²) < 4.78 is 13.0. The molecule has 0 saturated heterocycles. The molecule has 6 heteroatoms. The van der Waals surface area contributed by atoms with Gasteiger partial charge in [0.1, 0.15) is 5.82 Å². The maximum absolute atomic E-state index is 13.0. The molecule has 0 radical (unpaired) electrons. The summed E-state index contributed by atoms with van der Waals surface area (Å²) in [7, 11) is 0. The van der Waals surface area contributed by atoms with Crippen molar-refractivity contribution in [3.05, 3.63) is 66.1 Å². The van der Waals surface area contributed by atoms with Gasteiger partial charge in [0.05, 0.1) is 6.20 Å². The van der Waals surface area contributed by atoms with Crippen LogP contribution < -0.4 is 10.6 Å². The third kappa shape index (κ3) is 4.50. The largest absolute Gasteiger partial charge is 0.339 e.